The van der Waals surface area contributed by atoms with Crippen molar-refractivity contribution in [2.75, 3.05) is 31.2 Å². The van der Waals surface area contributed by atoms with E-state index in [1.54, 1.807) is 11.8 Å². The van der Waals surface area contributed by atoms with Gasteiger partial charge in [0.25, 0.3) is 0 Å². The monoisotopic (exact) mass is 219 g/mol. The first-order valence-electron chi connectivity index (χ1n) is 5.22. The van der Waals surface area contributed by atoms with Crippen molar-refractivity contribution < 1.29 is 9.90 Å². The Hall–Kier alpha value is -0.220. The molecule has 14 heavy (non-hydrogen) atoms. The maximum absolute atomic E-state index is 11.5. The van der Waals surface area contributed by atoms with Gasteiger partial charge >= 0.3 is 0 Å². The summed E-state index contributed by atoms with van der Waals surface area (Å²) in [5, 5.41) is 8.54. The van der Waals surface area contributed by atoms with Crippen molar-refractivity contribution in [3.05, 3.63) is 0 Å². The van der Waals surface area contributed by atoms with E-state index in [1.807, 2.05) is 18.7 Å². The highest BCUT2D eigenvalue weighted by molar-refractivity contribution is 7.99. The van der Waals surface area contributed by atoms with Crippen LogP contribution in [0.15, 0.2) is 0 Å². The van der Waals surface area contributed by atoms with Crippen LogP contribution in [0.25, 0.3) is 0 Å². The SMILES string of the molecule is CCN(CC)C(=O)CCCSCCO. The number of hydrogen-bond acceptors (Lipinski definition) is 3. The first kappa shape index (κ1) is 13.8. The Labute approximate surface area is 90.9 Å². The topological polar surface area (TPSA) is 40.5 Å². The third kappa shape index (κ3) is 6.27. The molecular weight excluding hydrogens is 198 g/mol. The Morgan fingerprint density at radius 2 is 1.93 bits per heavy atom. The van der Waals surface area contributed by atoms with Gasteiger partial charge in [-0.2, -0.15) is 11.8 Å². The fourth-order valence-electron chi connectivity index (χ4n) is 1.23. The van der Waals surface area contributed by atoms with Crippen LogP contribution in [-0.2, 0) is 4.79 Å². The molecule has 4 heteroatoms. The number of carbonyl (C=O) groups is 1. The van der Waals surface area contributed by atoms with Crippen molar-refractivity contribution in [3.8, 4) is 0 Å². The van der Waals surface area contributed by atoms with E-state index in [9.17, 15) is 4.79 Å². The van der Waals surface area contributed by atoms with E-state index < -0.39 is 0 Å². The van der Waals surface area contributed by atoms with E-state index >= 15 is 0 Å². The van der Waals surface area contributed by atoms with Crippen LogP contribution >= 0.6 is 11.8 Å². The average molecular weight is 219 g/mol. The van der Waals surface area contributed by atoms with Crippen LogP contribution in [0.4, 0.5) is 0 Å². The Balaban J connectivity index is 3.43. The molecule has 0 aromatic rings. The van der Waals surface area contributed by atoms with Crippen LogP contribution in [0.1, 0.15) is 26.7 Å². The largest absolute Gasteiger partial charge is 0.396 e. The fraction of sp³-hybridized carbons (Fsp3) is 0.900. The third-order valence-electron chi connectivity index (χ3n) is 2.03. The number of rotatable bonds is 8. The zero-order valence-electron chi connectivity index (χ0n) is 9.16. The van der Waals surface area contributed by atoms with Gasteiger partial charge in [0.15, 0.2) is 0 Å². The zero-order chi connectivity index (χ0) is 10.8. The molecule has 0 aromatic heterocycles. The summed E-state index contributed by atoms with van der Waals surface area (Å²) in [5.74, 6) is 1.99. The lowest BCUT2D eigenvalue weighted by Gasteiger charge is -2.18. The number of amides is 1. The van der Waals surface area contributed by atoms with Gasteiger partial charge in [-0.1, -0.05) is 0 Å². The minimum Gasteiger partial charge on any atom is -0.396 e. The number of hydrogen-bond donors (Lipinski definition) is 1. The molecule has 0 aromatic carbocycles. The molecule has 0 atom stereocenters. The van der Waals surface area contributed by atoms with E-state index in [1.165, 1.54) is 0 Å². The first-order chi connectivity index (χ1) is 6.76. The van der Waals surface area contributed by atoms with Crippen LogP contribution in [0, 0.1) is 0 Å². The molecule has 0 aliphatic carbocycles. The molecule has 3 nitrogen and oxygen atoms in total. The fourth-order valence-corrected chi connectivity index (χ4v) is 1.91. The number of aliphatic hydroxyl groups excluding tert-OH is 1. The maximum atomic E-state index is 11.5. The summed E-state index contributed by atoms with van der Waals surface area (Å²) in [4.78, 5) is 13.4. The Bertz CT molecular complexity index is 149. The van der Waals surface area contributed by atoms with Gasteiger partial charge in [-0.25, -0.2) is 0 Å². The molecule has 0 bridgehead atoms. The highest BCUT2D eigenvalue weighted by Crippen LogP contribution is 2.05. The van der Waals surface area contributed by atoms with Crippen LogP contribution in [0.3, 0.4) is 0 Å². The number of aliphatic hydroxyl groups is 1. The standard InChI is InChI=1S/C10H21NO2S/c1-3-11(4-2)10(13)6-5-8-14-9-7-12/h12H,3-9H2,1-2H3. The van der Waals surface area contributed by atoms with E-state index in [-0.39, 0.29) is 12.5 Å². The van der Waals surface area contributed by atoms with Gasteiger partial charge in [-0.05, 0) is 26.0 Å². The summed E-state index contributed by atoms with van der Waals surface area (Å²) in [5.41, 5.74) is 0. The predicted molar refractivity (Wildman–Crippen MR) is 61.6 cm³/mol. The van der Waals surface area contributed by atoms with Gasteiger partial charge < -0.3 is 10.0 Å². The second-order valence-corrected chi connectivity index (χ2v) is 4.23. The van der Waals surface area contributed by atoms with E-state index in [2.05, 4.69) is 0 Å². The summed E-state index contributed by atoms with van der Waals surface area (Å²) in [6.45, 7) is 5.84. The van der Waals surface area contributed by atoms with Crippen LogP contribution in [-0.4, -0.2) is 47.1 Å². The molecule has 1 N–H and O–H groups in total. The Morgan fingerprint density at radius 3 is 2.43 bits per heavy atom. The summed E-state index contributed by atoms with van der Waals surface area (Å²) in [7, 11) is 0. The normalized spacial score (nSPS) is 10.2. The lowest BCUT2D eigenvalue weighted by molar-refractivity contribution is -0.130. The van der Waals surface area contributed by atoms with E-state index in [4.69, 9.17) is 5.11 Å². The minimum absolute atomic E-state index is 0.231. The molecule has 0 radical (unpaired) electrons. The van der Waals surface area contributed by atoms with Gasteiger partial charge in [-0.3, -0.25) is 4.79 Å². The summed E-state index contributed by atoms with van der Waals surface area (Å²) >= 11 is 1.70. The van der Waals surface area contributed by atoms with Gasteiger partial charge in [0.2, 0.25) is 5.91 Å². The van der Waals surface area contributed by atoms with Gasteiger partial charge in [0.1, 0.15) is 0 Å². The maximum Gasteiger partial charge on any atom is 0.222 e. The van der Waals surface area contributed by atoms with E-state index in [0.717, 1.165) is 31.0 Å². The first-order valence-corrected chi connectivity index (χ1v) is 6.38. The zero-order valence-corrected chi connectivity index (χ0v) is 9.98. The molecule has 0 saturated carbocycles. The summed E-state index contributed by atoms with van der Waals surface area (Å²) in [6.07, 6.45) is 1.56. The molecule has 0 fully saturated rings. The molecule has 0 heterocycles. The molecule has 0 unspecified atom stereocenters. The quantitative estimate of drug-likeness (QED) is 0.627. The van der Waals surface area contributed by atoms with Gasteiger partial charge in [0.05, 0.1) is 6.61 Å². The lowest BCUT2D eigenvalue weighted by Crippen LogP contribution is -2.30. The predicted octanol–water partition coefficient (Wildman–Crippen LogP) is 1.36. The molecule has 84 valence electrons. The third-order valence-corrected chi connectivity index (χ3v) is 3.08. The highest BCUT2D eigenvalue weighted by atomic mass is 32.2. The summed E-state index contributed by atoms with van der Waals surface area (Å²) < 4.78 is 0. The Kier molecular flexibility index (Phi) is 9.19. The molecule has 0 aliphatic rings. The van der Waals surface area contributed by atoms with Crippen molar-refractivity contribution in [2.45, 2.75) is 26.7 Å². The highest BCUT2D eigenvalue weighted by Gasteiger charge is 2.07. The second kappa shape index (κ2) is 9.34. The van der Waals surface area contributed by atoms with Crippen molar-refractivity contribution >= 4 is 17.7 Å². The van der Waals surface area contributed by atoms with Gasteiger partial charge in [0, 0.05) is 25.3 Å². The smallest absolute Gasteiger partial charge is 0.222 e. The number of carbonyl (C=O) groups excluding carboxylic acids is 1. The van der Waals surface area contributed by atoms with Crippen LogP contribution in [0.2, 0.25) is 0 Å². The van der Waals surface area contributed by atoms with Crippen LogP contribution < -0.4 is 0 Å². The molecule has 0 rings (SSSR count). The van der Waals surface area contributed by atoms with Crippen molar-refractivity contribution in [3.63, 3.8) is 0 Å². The lowest BCUT2D eigenvalue weighted by atomic mass is 10.3. The molecule has 0 aliphatic heterocycles. The summed E-state index contributed by atoms with van der Waals surface area (Å²) in [6, 6.07) is 0. The molecule has 0 saturated heterocycles. The Morgan fingerprint density at radius 1 is 1.29 bits per heavy atom. The average Bonchev–Trinajstić information content (AvgIpc) is 2.19. The van der Waals surface area contributed by atoms with Crippen molar-refractivity contribution in [1.29, 1.82) is 0 Å². The van der Waals surface area contributed by atoms with Crippen molar-refractivity contribution in [1.82, 2.24) is 4.90 Å². The minimum atomic E-state index is 0.231. The van der Waals surface area contributed by atoms with Gasteiger partial charge in [-0.15, -0.1) is 0 Å². The number of nitrogens with zero attached hydrogens (tertiary/aromatic N) is 1. The van der Waals surface area contributed by atoms with Crippen LogP contribution in [0.5, 0.6) is 0 Å². The van der Waals surface area contributed by atoms with E-state index in [0.29, 0.717) is 6.42 Å². The number of thioether (sulfide) groups is 1. The molecule has 1 amide bonds. The molecule has 0 spiro atoms. The molecular formula is C10H21NO2S. The second-order valence-electron chi connectivity index (χ2n) is 3.01. The van der Waals surface area contributed by atoms with Crippen molar-refractivity contribution in [2.24, 2.45) is 0 Å².